The molecular weight excluding hydrogens is 104 g/mol. The molecule has 0 aliphatic heterocycles. The maximum Gasteiger partial charge on any atom is 0.305 e. The first kappa shape index (κ1) is 7.47. The second kappa shape index (κ2) is 3.47. The number of rotatable bonds is 2. The van der Waals surface area contributed by atoms with Gasteiger partial charge in [-0.25, -0.2) is 0 Å². The molecule has 0 saturated carbocycles. The lowest BCUT2D eigenvalue weighted by Gasteiger charge is -2.03. The molecule has 0 unspecified atom stereocenters. The lowest BCUT2D eigenvalue weighted by atomic mass is 10.4. The molecule has 46 valence electrons. The third kappa shape index (κ3) is 3.65. The van der Waals surface area contributed by atoms with Crippen LogP contribution in [-0.4, -0.2) is 12.1 Å². The van der Waals surface area contributed by atoms with Gasteiger partial charge < -0.3 is 4.74 Å². The predicted molar refractivity (Wildman–Crippen MR) is 30.9 cm³/mol. The van der Waals surface area contributed by atoms with Crippen LogP contribution in [0.2, 0.25) is 0 Å². The molecule has 0 amide bonds. The number of esters is 1. The van der Waals surface area contributed by atoms with E-state index in [0.717, 1.165) is 0 Å². The fourth-order valence-electron chi connectivity index (χ4n) is 0.269. The number of hydrogen-bond donors (Lipinski definition) is 0. The summed E-state index contributed by atoms with van der Waals surface area (Å²) in [6.07, 6.45) is -0.0795. The van der Waals surface area contributed by atoms with Gasteiger partial charge in [0.2, 0.25) is 0 Å². The molecule has 8 heavy (non-hydrogen) atoms. The van der Waals surface area contributed by atoms with Gasteiger partial charge in [-0.3, -0.25) is 4.79 Å². The summed E-state index contributed by atoms with van der Waals surface area (Å²) < 4.78 is 4.54. The molecule has 0 fully saturated rings. The Bertz CT molecular complexity index is 76.6. The van der Waals surface area contributed by atoms with Crippen molar-refractivity contribution >= 4 is 5.97 Å². The first-order valence-electron chi connectivity index (χ1n) is 2.52. The highest BCUT2D eigenvalue weighted by Gasteiger charge is 1.99. The zero-order valence-electron chi connectivity index (χ0n) is 5.02. The Kier molecular flexibility index (Phi) is 3.24. The predicted octanol–water partition coefficient (Wildman–Crippen LogP) is 0.976. The van der Waals surface area contributed by atoms with Crippen LogP contribution in [0.1, 0.15) is 13.3 Å². The van der Waals surface area contributed by atoms with Gasteiger partial charge in [0.25, 0.3) is 0 Å². The second-order valence-electron chi connectivity index (χ2n) is 1.47. The minimum atomic E-state index is -0.470. The third-order valence-corrected chi connectivity index (χ3v) is 0.587. The molecule has 0 aliphatic carbocycles. The summed E-state index contributed by atoms with van der Waals surface area (Å²) >= 11 is 0. The minimum absolute atomic E-state index is 0.250. The van der Waals surface area contributed by atoms with Crippen molar-refractivity contribution < 1.29 is 9.53 Å². The zero-order valence-corrected chi connectivity index (χ0v) is 5.02. The highest BCUT2D eigenvalue weighted by atomic mass is 16.5. The molecule has 0 aromatic rings. The smallest absolute Gasteiger partial charge is 0.305 e. The first-order chi connectivity index (χ1) is 3.66. The number of carbonyl (C=O) groups is 1. The van der Waals surface area contributed by atoms with Gasteiger partial charge in [-0.05, 0) is 13.8 Å². The van der Waals surface area contributed by atoms with Gasteiger partial charge >= 0.3 is 5.97 Å². The van der Waals surface area contributed by atoms with E-state index in [1.165, 1.54) is 0 Å². The van der Waals surface area contributed by atoms with Gasteiger partial charge in [0.1, 0.15) is 6.10 Å². The van der Waals surface area contributed by atoms with Crippen molar-refractivity contribution in [3.63, 3.8) is 0 Å². The molecule has 2 nitrogen and oxygen atoms in total. The molecule has 0 aromatic carbocycles. The lowest BCUT2D eigenvalue weighted by molar-refractivity contribution is -0.144. The topological polar surface area (TPSA) is 26.3 Å². The van der Waals surface area contributed by atoms with Crippen LogP contribution in [0.15, 0.2) is 0 Å². The summed E-state index contributed by atoms with van der Waals surface area (Å²) in [5, 5.41) is 0. The van der Waals surface area contributed by atoms with E-state index < -0.39 is 6.10 Å². The van der Waals surface area contributed by atoms with E-state index in [4.69, 9.17) is 0 Å². The molecule has 2 heteroatoms. The maximum atomic E-state index is 10.3. The molecule has 0 bridgehead atoms. The van der Waals surface area contributed by atoms with Crippen LogP contribution in [0.5, 0.6) is 0 Å². The minimum Gasteiger partial charge on any atom is -0.462 e. The summed E-state index contributed by atoms with van der Waals surface area (Å²) in [7, 11) is 0. The van der Waals surface area contributed by atoms with Crippen molar-refractivity contribution in [2.75, 3.05) is 0 Å². The zero-order chi connectivity index (χ0) is 6.57. The summed E-state index contributed by atoms with van der Waals surface area (Å²) in [5.74, 6) is -0.250. The van der Waals surface area contributed by atoms with E-state index in [2.05, 4.69) is 18.6 Å². The monoisotopic (exact) mass is 114 g/mol. The van der Waals surface area contributed by atoms with Crippen LogP contribution in [0.4, 0.5) is 0 Å². The van der Waals surface area contributed by atoms with Crippen LogP contribution in [0.25, 0.3) is 0 Å². The Hall–Kier alpha value is -0.530. The summed E-state index contributed by atoms with van der Waals surface area (Å²) in [5.41, 5.74) is 0. The summed E-state index contributed by atoms with van der Waals surface area (Å²) in [6.45, 7) is 8.47. The van der Waals surface area contributed by atoms with Crippen molar-refractivity contribution in [2.45, 2.75) is 19.4 Å². The molecule has 0 saturated heterocycles. The molecule has 0 N–H and O–H groups in total. The lowest BCUT2D eigenvalue weighted by Crippen LogP contribution is -2.09. The van der Waals surface area contributed by atoms with Crippen molar-refractivity contribution in [3.8, 4) is 0 Å². The molecule has 0 aromatic heterocycles. The van der Waals surface area contributed by atoms with E-state index in [9.17, 15) is 4.79 Å². The van der Waals surface area contributed by atoms with E-state index >= 15 is 0 Å². The van der Waals surface area contributed by atoms with Crippen LogP contribution in [-0.2, 0) is 9.53 Å². The van der Waals surface area contributed by atoms with Crippen molar-refractivity contribution in [2.24, 2.45) is 0 Å². The van der Waals surface area contributed by atoms with Crippen molar-refractivity contribution in [1.29, 1.82) is 0 Å². The average Bonchev–Trinajstić information content (AvgIpc) is 1.65. The number of hydrogen-bond acceptors (Lipinski definition) is 2. The standard InChI is InChI=1S/C6H10O2/c1-4-6(7)8-5(2)3/h5H,2-4H2,1H3. The fraction of sp³-hybridized carbons (Fsp3) is 0.500. The molecule has 0 spiro atoms. The van der Waals surface area contributed by atoms with E-state index in [-0.39, 0.29) is 5.97 Å². The van der Waals surface area contributed by atoms with Crippen LogP contribution in [0.3, 0.4) is 0 Å². The van der Waals surface area contributed by atoms with Crippen molar-refractivity contribution in [1.82, 2.24) is 0 Å². The SMILES string of the molecule is [CH2]C([CH2])OC(=O)CC. The van der Waals surface area contributed by atoms with Gasteiger partial charge in [-0.2, -0.15) is 0 Å². The summed E-state index contributed by atoms with van der Waals surface area (Å²) in [4.78, 5) is 10.3. The molecule has 0 heterocycles. The second-order valence-corrected chi connectivity index (χ2v) is 1.47. The van der Waals surface area contributed by atoms with Gasteiger partial charge in [0, 0.05) is 6.42 Å². The molecule has 2 radical (unpaired) electrons. The maximum absolute atomic E-state index is 10.3. The fourth-order valence-corrected chi connectivity index (χ4v) is 0.269. The number of carbonyl (C=O) groups excluding carboxylic acids is 1. The van der Waals surface area contributed by atoms with Gasteiger partial charge in [-0.15, -0.1) is 0 Å². The Balaban J connectivity index is 3.25. The van der Waals surface area contributed by atoms with E-state index in [0.29, 0.717) is 6.42 Å². The molecular formula is C6H10O2. The highest BCUT2D eigenvalue weighted by molar-refractivity contribution is 5.69. The molecule has 0 rings (SSSR count). The Morgan fingerprint density at radius 2 is 2.25 bits per heavy atom. The van der Waals surface area contributed by atoms with Crippen LogP contribution < -0.4 is 0 Å². The van der Waals surface area contributed by atoms with Gasteiger partial charge in [0.15, 0.2) is 0 Å². The van der Waals surface area contributed by atoms with Crippen LogP contribution in [0, 0.1) is 13.8 Å². The molecule has 0 aliphatic rings. The highest BCUT2D eigenvalue weighted by Crippen LogP contribution is 1.89. The van der Waals surface area contributed by atoms with Gasteiger partial charge in [-0.1, -0.05) is 6.92 Å². The van der Waals surface area contributed by atoms with E-state index in [1.54, 1.807) is 6.92 Å². The van der Waals surface area contributed by atoms with Crippen molar-refractivity contribution in [3.05, 3.63) is 13.8 Å². The third-order valence-electron chi connectivity index (χ3n) is 0.587. The largest absolute Gasteiger partial charge is 0.462 e. The Labute approximate surface area is 49.8 Å². The number of ether oxygens (including phenoxy) is 1. The van der Waals surface area contributed by atoms with Crippen LogP contribution >= 0.6 is 0 Å². The quantitative estimate of drug-likeness (QED) is 0.500. The summed E-state index contributed by atoms with van der Waals surface area (Å²) in [6, 6.07) is 0. The first-order valence-corrected chi connectivity index (χ1v) is 2.52. The van der Waals surface area contributed by atoms with Gasteiger partial charge in [0.05, 0.1) is 0 Å². The normalized spacial score (nSPS) is 9.50. The Morgan fingerprint density at radius 3 is 2.38 bits per heavy atom. The molecule has 0 atom stereocenters. The van der Waals surface area contributed by atoms with E-state index in [1.807, 2.05) is 0 Å². The Morgan fingerprint density at radius 1 is 1.75 bits per heavy atom. The average molecular weight is 114 g/mol.